The second-order valence-corrected chi connectivity index (χ2v) is 5.38. The number of imidazole rings is 1. The smallest absolute Gasteiger partial charge is 0.131 e. The van der Waals surface area contributed by atoms with E-state index in [9.17, 15) is 0 Å². The summed E-state index contributed by atoms with van der Waals surface area (Å²) < 4.78 is 2.15. The fourth-order valence-electron chi connectivity index (χ4n) is 2.31. The highest BCUT2D eigenvalue weighted by molar-refractivity contribution is 5.71. The molecule has 0 fully saturated rings. The van der Waals surface area contributed by atoms with E-state index in [0.29, 0.717) is 5.92 Å². The van der Waals surface area contributed by atoms with E-state index in [-0.39, 0.29) is 0 Å². The molecule has 0 bridgehead atoms. The van der Waals surface area contributed by atoms with Gasteiger partial charge in [0.15, 0.2) is 0 Å². The maximum absolute atomic E-state index is 6.30. The van der Waals surface area contributed by atoms with Crippen molar-refractivity contribution in [2.75, 3.05) is 5.73 Å². The molecule has 19 heavy (non-hydrogen) atoms. The lowest BCUT2D eigenvalue weighted by molar-refractivity contribution is 0.616. The molecule has 3 heteroatoms. The average molecular weight is 257 g/mol. The van der Waals surface area contributed by atoms with Crippen LogP contribution in [-0.4, -0.2) is 9.55 Å². The van der Waals surface area contributed by atoms with Crippen LogP contribution >= 0.6 is 0 Å². The number of nitrogens with zero attached hydrogens (tertiary/aromatic N) is 2. The molecule has 0 radical (unpaired) electrons. The van der Waals surface area contributed by atoms with Crippen LogP contribution in [-0.2, 0) is 6.54 Å². The van der Waals surface area contributed by atoms with Gasteiger partial charge in [-0.25, -0.2) is 4.98 Å². The molecule has 0 saturated heterocycles. The molecule has 1 aromatic heterocycles. The summed E-state index contributed by atoms with van der Waals surface area (Å²) in [6.45, 7) is 9.50. The van der Waals surface area contributed by atoms with Crippen molar-refractivity contribution in [1.82, 2.24) is 9.55 Å². The van der Waals surface area contributed by atoms with Crippen LogP contribution in [0, 0.1) is 6.92 Å². The second-order valence-electron chi connectivity index (χ2n) is 5.38. The van der Waals surface area contributed by atoms with Crippen LogP contribution in [0.15, 0.2) is 24.3 Å². The number of hydrogen-bond donors (Lipinski definition) is 1. The van der Waals surface area contributed by atoms with Gasteiger partial charge in [0.05, 0.1) is 0 Å². The summed E-state index contributed by atoms with van der Waals surface area (Å²) in [7, 11) is 0. The van der Waals surface area contributed by atoms with E-state index in [1.807, 2.05) is 0 Å². The maximum atomic E-state index is 6.30. The molecule has 102 valence electrons. The number of nitrogen functional groups attached to an aromatic ring is 1. The van der Waals surface area contributed by atoms with Gasteiger partial charge in [-0.15, -0.1) is 0 Å². The first-order chi connectivity index (χ1) is 9.04. The quantitative estimate of drug-likeness (QED) is 0.900. The number of aromatic nitrogens is 2. The topological polar surface area (TPSA) is 43.8 Å². The van der Waals surface area contributed by atoms with Gasteiger partial charge < -0.3 is 10.3 Å². The van der Waals surface area contributed by atoms with Crippen molar-refractivity contribution in [3.05, 3.63) is 35.7 Å². The van der Waals surface area contributed by atoms with Crippen molar-refractivity contribution in [3.8, 4) is 11.3 Å². The Kier molecular flexibility index (Phi) is 3.93. The van der Waals surface area contributed by atoms with E-state index >= 15 is 0 Å². The van der Waals surface area contributed by atoms with E-state index in [1.165, 1.54) is 5.56 Å². The van der Waals surface area contributed by atoms with Crippen molar-refractivity contribution >= 4 is 5.82 Å². The second kappa shape index (κ2) is 5.47. The molecule has 0 aliphatic rings. The van der Waals surface area contributed by atoms with Crippen molar-refractivity contribution in [1.29, 1.82) is 0 Å². The van der Waals surface area contributed by atoms with Gasteiger partial charge in [-0.05, 0) is 13.3 Å². The zero-order valence-corrected chi connectivity index (χ0v) is 12.3. The minimum atomic E-state index is 0.382. The van der Waals surface area contributed by atoms with E-state index in [0.717, 1.165) is 35.9 Å². The third-order valence-corrected chi connectivity index (χ3v) is 3.32. The van der Waals surface area contributed by atoms with Crippen LogP contribution in [0.5, 0.6) is 0 Å². The Morgan fingerprint density at radius 2 is 1.84 bits per heavy atom. The molecule has 0 spiro atoms. The summed E-state index contributed by atoms with van der Waals surface area (Å²) in [5.74, 6) is 2.25. The lowest BCUT2D eigenvalue weighted by Crippen LogP contribution is -2.08. The van der Waals surface area contributed by atoms with Gasteiger partial charge in [-0.2, -0.15) is 0 Å². The summed E-state index contributed by atoms with van der Waals surface area (Å²) >= 11 is 0. The molecule has 3 nitrogen and oxygen atoms in total. The summed E-state index contributed by atoms with van der Waals surface area (Å²) in [5.41, 5.74) is 9.56. The average Bonchev–Trinajstić information content (AvgIpc) is 2.69. The minimum absolute atomic E-state index is 0.382. The third-order valence-electron chi connectivity index (χ3n) is 3.32. The Balaban J connectivity index is 2.52. The van der Waals surface area contributed by atoms with Crippen LogP contribution in [0.4, 0.5) is 5.82 Å². The van der Waals surface area contributed by atoms with Gasteiger partial charge in [0.2, 0.25) is 0 Å². The molecule has 1 heterocycles. The molecule has 2 N–H and O–H groups in total. The molecular weight excluding hydrogens is 234 g/mol. The SMILES string of the molecule is CCCn1c(C(C)C)nc(-c2ccc(C)cc2)c1N. The van der Waals surface area contributed by atoms with E-state index < -0.39 is 0 Å². The van der Waals surface area contributed by atoms with Gasteiger partial charge in [-0.3, -0.25) is 0 Å². The van der Waals surface area contributed by atoms with Crippen LogP contribution in [0.25, 0.3) is 11.3 Å². The largest absolute Gasteiger partial charge is 0.383 e. The predicted molar refractivity (Wildman–Crippen MR) is 81.2 cm³/mol. The van der Waals surface area contributed by atoms with Gasteiger partial charge >= 0.3 is 0 Å². The molecule has 2 rings (SSSR count). The van der Waals surface area contributed by atoms with Gasteiger partial charge in [0.1, 0.15) is 17.3 Å². The predicted octanol–water partition coefficient (Wildman–Crippen LogP) is 3.97. The molecule has 0 aliphatic carbocycles. The number of nitrogens with two attached hydrogens (primary N) is 1. The highest BCUT2D eigenvalue weighted by atomic mass is 15.1. The Morgan fingerprint density at radius 3 is 2.37 bits per heavy atom. The number of benzene rings is 1. The first-order valence-electron chi connectivity index (χ1n) is 6.97. The lowest BCUT2D eigenvalue weighted by Gasteiger charge is -2.10. The first-order valence-corrected chi connectivity index (χ1v) is 6.97. The van der Waals surface area contributed by atoms with Crippen LogP contribution in [0.2, 0.25) is 0 Å². The number of hydrogen-bond acceptors (Lipinski definition) is 2. The van der Waals surface area contributed by atoms with Crippen LogP contribution in [0.3, 0.4) is 0 Å². The van der Waals surface area contributed by atoms with Crippen molar-refractivity contribution < 1.29 is 0 Å². The zero-order valence-electron chi connectivity index (χ0n) is 12.3. The first kappa shape index (κ1) is 13.7. The molecule has 0 atom stereocenters. The third kappa shape index (κ3) is 2.65. The highest BCUT2D eigenvalue weighted by Crippen LogP contribution is 2.29. The standard InChI is InChI=1S/C16H23N3/c1-5-10-19-15(17)14(18-16(19)11(2)3)13-8-6-12(4)7-9-13/h6-9,11H,5,10,17H2,1-4H3. The fourth-order valence-corrected chi connectivity index (χ4v) is 2.31. The van der Waals surface area contributed by atoms with Crippen molar-refractivity contribution in [3.63, 3.8) is 0 Å². The lowest BCUT2D eigenvalue weighted by atomic mass is 10.1. The number of anilines is 1. The van der Waals surface area contributed by atoms with Gasteiger partial charge in [-0.1, -0.05) is 50.6 Å². The molecule has 0 saturated carbocycles. The Bertz CT molecular complexity index is 550. The van der Waals surface area contributed by atoms with E-state index in [1.54, 1.807) is 0 Å². The Labute approximate surface area is 115 Å². The molecule has 2 aromatic rings. The Morgan fingerprint density at radius 1 is 1.21 bits per heavy atom. The van der Waals surface area contributed by atoms with E-state index in [2.05, 4.69) is 56.5 Å². The highest BCUT2D eigenvalue weighted by Gasteiger charge is 2.17. The minimum Gasteiger partial charge on any atom is -0.383 e. The Hall–Kier alpha value is -1.77. The maximum Gasteiger partial charge on any atom is 0.131 e. The zero-order chi connectivity index (χ0) is 14.0. The summed E-state index contributed by atoms with van der Waals surface area (Å²) in [6.07, 6.45) is 1.06. The monoisotopic (exact) mass is 257 g/mol. The fraction of sp³-hybridized carbons (Fsp3) is 0.438. The number of aryl methyl sites for hydroxylation is 1. The molecular formula is C16H23N3. The summed E-state index contributed by atoms with van der Waals surface area (Å²) in [4.78, 5) is 4.77. The van der Waals surface area contributed by atoms with Gasteiger partial charge in [0, 0.05) is 18.0 Å². The van der Waals surface area contributed by atoms with E-state index in [4.69, 9.17) is 10.7 Å². The van der Waals surface area contributed by atoms with Gasteiger partial charge in [0.25, 0.3) is 0 Å². The molecule has 0 amide bonds. The van der Waals surface area contributed by atoms with Crippen molar-refractivity contribution in [2.45, 2.75) is 46.6 Å². The summed E-state index contributed by atoms with van der Waals surface area (Å²) in [6, 6.07) is 8.38. The summed E-state index contributed by atoms with van der Waals surface area (Å²) in [5, 5.41) is 0. The van der Waals surface area contributed by atoms with Crippen LogP contribution in [0.1, 0.15) is 44.5 Å². The number of rotatable bonds is 4. The molecule has 1 aromatic carbocycles. The molecule has 0 aliphatic heterocycles. The molecule has 0 unspecified atom stereocenters. The van der Waals surface area contributed by atoms with Crippen LogP contribution < -0.4 is 5.73 Å². The normalized spacial score (nSPS) is 11.2. The van der Waals surface area contributed by atoms with Crippen molar-refractivity contribution in [2.24, 2.45) is 0 Å².